The summed E-state index contributed by atoms with van der Waals surface area (Å²) in [5.41, 5.74) is 4.49. The molecule has 0 amide bonds. The zero-order valence-corrected chi connectivity index (χ0v) is 18.9. The van der Waals surface area contributed by atoms with E-state index in [1.165, 1.54) is 34.4 Å². The number of thiazole rings is 2. The molecule has 0 atom stereocenters. The molecule has 4 rings (SSSR count). The molecule has 0 saturated carbocycles. The van der Waals surface area contributed by atoms with Crippen LogP contribution in [0, 0.1) is 17.9 Å². The van der Waals surface area contributed by atoms with Gasteiger partial charge in [0, 0.05) is 38.4 Å². The van der Waals surface area contributed by atoms with Crippen molar-refractivity contribution in [3.63, 3.8) is 0 Å². The molecule has 0 aliphatic rings. The second-order valence-corrected chi connectivity index (χ2v) is 9.34. The first-order valence-corrected chi connectivity index (χ1v) is 11.8. The maximum atomic E-state index is 9.79. The van der Waals surface area contributed by atoms with E-state index >= 15 is 0 Å². The lowest BCUT2D eigenvalue weighted by Gasteiger charge is -2.10. The minimum atomic E-state index is 0.0787. The number of nitriles is 1. The van der Waals surface area contributed by atoms with Crippen LogP contribution in [0.3, 0.4) is 0 Å². The van der Waals surface area contributed by atoms with Gasteiger partial charge in [0.1, 0.15) is 21.3 Å². The number of nitrogens with zero attached hydrogens (tertiary/aromatic N) is 5. The molecule has 0 fully saturated rings. The smallest absolute Gasteiger partial charge is 0.233 e. The Morgan fingerprint density at radius 1 is 1.17 bits per heavy atom. The largest absolute Gasteiger partial charge is 0.253 e. The summed E-state index contributed by atoms with van der Waals surface area (Å²) in [7, 11) is 0. The van der Waals surface area contributed by atoms with Gasteiger partial charge < -0.3 is 0 Å². The highest BCUT2D eigenvalue weighted by atomic mass is 35.5. The summed E-state index contributed by atoms with van der Waals surface area (Å²) in [6.45, 7) is 7.46. The Morgan fingerprint density at radius 3 is 2.63 bits per heavy atom. The zero-order chi connectivity index (χ0) is 21.1. The Kier molecular flexibility index (Phi) is 6.33. The second kappa shape index (κ2) is 9.13. The van der Waals surface area contributed by atoms with Crippen LogP contribution < -0.4 is 0 Å². The van der Waals surface area contributed by atoms with Gasteiger partial charge in [-0.05, 0) is 12.1 Å². The van der Waals surface area contributed by atoms with Gasteiger partial charge in [-0.3, -0.25) is 4.98 Å². The number of hydrogen-bond acceptors (Lipinski definition) is 7. The summed E-state index contributed by atoms with van der Waals surface area (Å²) in [5, 5.41) is 13.9. The Morgan fingerprint density at radius 2 is 1.97 bits per heavy atom. The molecule has 0 radical (unpaired) electrons. The first-order chi connectivity index (χ1) is 14.6. The average Bonchev–Trinajstić information content (AvgIpc) is 3.44. The van der Waals surface area contributed by atoms with Crippen molar-refractivity contribution < 1.29 is 0 Å². The number of rotatable bonds is 5. The summed E-state index contributed by atoms with van der Waals surface area (Å²) in [6.07, 6.45) is 1.62. The van der Waals surface area contributed by atoms with Crippen molar-refractivity contribution in [2.24, 2.45) is 0 Å². The molecule has 4 aromatic rings. The lowest BCUT2D eigenvalue weighted by molar-refractivity contribution is 1.11. The van der Waals surface area contributed by atoms with E-state index in [1.54, 1.807) is 11.7 Å². The fourth-order valence-electron chi connectivity index (χ4n) is 2.66. The first kappa shape index (κ1) is 20.8. The summed E-state index contributed by atoms with van der Waals surface area (Å²) >= 11 is 16.5. The average molecular weight is 486 g/mol. The summed E-state index contributed by atoms with van der Waals surface area (Å²) < 4.78 is 0. The van der Waals surface area contributed by atoms with E-state index in [0.717, 1.165) is 16.3 Å². The molecule has 1 aromatic carbocycles. The molecule has 0 unspecified atom stereocenters. The number of pyridine rings is 1. The van der Waals surface area contributed by atoms with E-state index in [1.807, 2.05) is 29.6 Å². The van der Waals surface area contributed by atoms with Crippen LogP contribution in [-0.2, 0) is 5.75 Å². The third-order valence-electron chi connectivity index (χ3n) is 4.00. The fraction of sp³-hybridized carbons (Fsp3) is 0.0500. The van der Waals surface area contributed by atoms with Crippen LogP contribution in [0.1, 0.15) is 11.3 Å². The summed E-state index contributed by atoms with van der Waals surface area (Å²) in [4.78, 5) is 17.2. The van der Waals surface area contributed by atoms with E-state index in [9.17, 15) is 5.26 Å². The molecule has 3 aromatic heterocycles. The van der Waals surface area contributed by atoms with Crippen molar-refractivity contribution in [3.8, 4) is 27.1 Å². The number of thioether (sulfide) groups is 1. The Labute approximate surface area is 194 Å². The standard InChI is InChI=1S/C20H9Cl2N5S3/c1-24-17-16(15-7-25-10-30-15)14(6-23)20(27-18(17)22)29-9-13-8-28-19(26-13)11-2-4-12(21)5-3-11/h2-5,7-8,10H,9H2. The SMILES string of the molecule is [C-]#[N+]c1c(Cl)nc(SCc2csc(-c3ccc(Cl)cc3)n2)c(C#N)c1-c1cncs1. The maximum absolute atomic E-state index is 9.79. The minimum Gasteiger partial charge on any atom is -0.253 e. The molecule has 0 spiro atoms. The summed E-state index contributed by atoms with van der Waals surface area (Å²) in [5.74, 6) is 0.515. The molecule has 0 aliphatic heterocycles. The zero-order valence-electron chi connectivity index (χ0n) is 15.0. The number of aromatic nitrogens is 3. The van der Waals surface area contributed by atoms with E-state index in [-0.39, 0.29) is 10.8 Å². The van der Waals surface area contributed by atoms with Gasteiger partial charge in [-0.15, -0.1) is 22.7 Å². The molecule has 146 valence electrons. The fourth-order valence-corrected chi connectivity index (χ4v) is 5.54. The molecule has 10 heteroatoms. The van der Waals surface area contributed by atoms with Crippen LogP contribution in [0.15, 0.2) is 46.4 Å². The van der Waals surface area contributed by atoms with E-state index in [2.05, 4.69) is 25.9 Å². The van der Waals surface area contributed by atoms with Gasteiger partial charge in [0.2, 0.25) is 5.69 Å². The monoisotopic (exact) mass is 485 g/mol. The highest BCUT2D eigenvalue weighted by Gasteiger charge is 2.22. The minimum absolute atomic E-state index is 0.0787. The number of benzene rings is 1. The maximum Gasteiger partial charge on any atom is 0.233 e. The van der Waals surface area contributed by atoms with Crippen LogP contribution >= 0.6 is 57.6 Å². The van der Waals surface area contributed by atoms with Crippen LogP contribution in [-0.4, -0.2) is 15.0 Å². The third kappa shape index (κ3) is 4.20. The Bertz CT molecular complexity index is 1290. The number of hydrogen-bond donors (Lipinski definition) is 0. The Hall–Kier alpha value is -2.46. The van der Waals surface area contributed by atoms with Gasteiger partial charge >= 0.3 is 0 Å². The molecule has 0 N–H and O–H groups in total. The van der Waals surface area contributed by atoms with Crippen LogP contribution in [0.5, 0.6) is 0 Å². The lowest BCUT2D eigenvalue weighted by Crippen LogP contribution is -1.94. The Balaban J connectivity index is 1.64. The summed E-state index contributed by atoms with van der Waals surface area (Å²) in [6, 6.07) is 9.71. The van der Waals surface area contributed by atoms with Gasteiger partial charge in [0.15, 0.2) is 0 Å². The molecular weight excluding hydrogens is 477 g/mol. The van der Waals surface area contributed by atoms with E-state index in [0.29, 0.717) is 31.8 Å². The van der Waals surface area contributed by atoms with Crippen molar-refractivity contribution >= 4 is 63.3 Å². The van der Waals surface area contributed by atoms with Gasteiger partial charge in [-0.25, -0.2) is 14.8 Å². The molecule has 30 heavy (non-hydrogen) atoms. The quantitative estimate of drug-likeness (QED) is 0.168. The van der Waals surface area contributed by atoms with Crippen molar-refractivity contribution in [2.45, 2.75) is 10.8 Å². The molecule has 5 nitrogen and oxygen atoms in total. The predicted molar refractivity (Wildman–Crippen MR) is 123 cm³/mol. The van der Waals surface area contributed by atoms with Gasteiger partial charge in [-0.2, -0.15) is 5.26 Å². The van der Waals surface area contributed by atoms with Crippen molar-refractivity contribution in [1.82, 2.24) is 15.0 Å². The first-order valence-electron chi connectivity index (χ1n) is 8.33. The molecule has 0 aliphatic carbocycles. The van der Waals surface area contributed by atoms with Crippen LogP contribution in [0.25, 0.3) is 25.9 Å². The topological polar surface area (TPSA) is 66.8 Å². The number of halogens is 2. The van der Waals surface area contributed by atoms with Crippen molar-refractivity contribution in [3.05, 3.63) is 74.2 Å². The van der Waals surface area contributed by atoms with Crippen LogP contribution in [0.4, 0.5) is 5.69 Å². The predicted octanol–water partition coefficient (Wildman–Crippen LogP) is 7.35. The van der Waals surface area contributed by atoms with Crippen molar-refractivity contribution in [2.75, 3.05) is 0 Å². The normalized spacial score (nSPS) is 10.5. The lowest BCUT2D eigenvalue weighted by atomic mass is 10.1. The molecule has 0 bridgehead atoms. The van der Waals surface area contributed by atoms with E-state index < -0.39 is 0 Å². The van der Waals surface area contributed by atoms with Crippen molar-refractivity contribution in [1.29, 1.82) is 5.26 Å². The molecular formula is C20H9Cl2N5S3. The van der Waals surface area contributed by atoms with Gasteiger partial charge in [0.05, 0.1) is 23.3 Å². The molecule has 0 saturated heterocycles. The second-order valence-electron chi connectivity index (χ2n) is 5.84. The molecule has 3 heterocycles. The third-order valence-corrected chi connectivity index (χ3v) is 7.25. The van der Waals surface area contributed by atoms with E-state index in [4.69, 9.17) is 29.8 Å². The van der Waals surface area contributed by atoms with Gasteiger partial charge in [-0.1, -0.05) is 47.1 Å². The van der Waals surface area contributed by atoms with Crippen LogP contribution in [0.2, 0.25) is 10.2 Å². The highest BCUT2D eigenvalue weighted by molar-refractivity contribution is 7.98. The van der Waals surface area contributed by atoms with Gasteiger partial charge in [0.25, 0.3) is 0 Å². The highest BCUT2D eigenvalue weighted by Crippen LogP contribution is 2.43.